The molecule has 74 valence electrons. The summed E-state index contributed by atoms with van der Waals surface area (Å²) in [5.74, 6) is 0.212. The summed E-state index contributed by atoms with van der Waals surface area (Å²) in [5.41, 5.74) is 0.401. The van der Waals surface area contributed by atoms with Crippen molar-refractivity contribution in [2.45, 2.75) is 6.42 Å². The molecule has 1 heterocycles. The number of hydrogen-bond acceptors (Lipinski definition) is 5. The van der Waals surface area contributed by atoms with Crippen molar-refractivity contribution < 1.29 is 9.47 Å². The first-order chi connectivity index (χ1) is 6.72. The fourth-order valence-corrected chi connectivity index (χ4v) is 1.10. The molecule has 6 heteroatoms. The lowest BCUT2D eigenvalue weighted by Gasteiger charge is -2.06. The van der Waals surface area contributed by atoms with Crippen molar-refractivity contribution in [2.24, 2.45) is 0 Å². The molecule has 0 saturated heterocycles. The molecule has 0 aliphatic carbocycles. The summed E-state index contributed by atoms with van der Waals surface area (Å²) in [4.78, 5) is 7.78. The summed E-state index contributed by atoms with van der Waals surface area (Å²) in [6, 6.07) is 2.08. The summed E-state index contributed by atoms with van der Waals surface area (Å²) in [6.07, 6.45) is 0.0913. The second-order valence-corrected chi connectivity index (χ2v) is 2.69. The van der Waals surface area contributed by atoms with Gasteiger partial charge in [-0.2, -0.15) is 15.2 Å². The Kier molecular flexibility index (Phi) is 3.48. The Bertz CT molecular complexity index is 376. The Morgan fingerprint density at radius 2 is 2.07 bits per heavy atom. The molecule has 1 rings (SSSR count). The summed E-state index contributed by atoms with van der Waals surface area (Å²) in [7, 11) is 2.86. The highest BCUT2D eigenvalue weighted by atomic mass is 35.5. The molecular weight excluding hydrogens is 206 g/mol. The number of nitriles is 1. The molecule has 0 amide bonds. The van der Waals surface area contributed by atoms with Gasteiger partial charge in [0.1, 0.15) is 5.02 Å². The standard InChI is InChI=1S/C8H8ClN3O2/c1-13-7-6(9)5(3-4-10)11-8(12-7)14-2/h3H2,1-2H3. The third-order valence-electron chi connectivity index (χ3n) is 1.49. The van der Waals surface area contributed by atoms with Crippen LogP contribution in [0.3, 0.4) is 0 Å². The first kappa shape index (κ1) is 10.5. The van der Waals surface area contributed by atoms with Gasteiger partial charge in [-0.1, -0.05) is 11.6 Å². The molecule has 0 bridgehead atoms. The molecule has 1 aromatic heterocycles. The van der Waals surface area contributed by atoms with Crippen molar-refractivity contribution in [3.63, 3.8) is 0 Å². The van der Waals surface area contributed by atoms with Gasteiger partial charge in [0, 0.05) is 0 Å². The zero-order valence-electron chi connectivity index (χ0n) is 7.74. The van der Waals surface area contributed by atoms with Gasteiger partial charge in [0.25, 0.3) is 0 Å². The molecule has 0 aliphatic rings. The van der Waals surface area contributed by atoms with Crippen LogP contribution in [0.2, 0.25) is 5.02 Å². The molecule has 0 radical (unpaired) electrons. The predicted molar refractivity (Wildman–Crippen MR) is 49.5 cm³/mol. The van der Waals surface area contributed by atoms with Crippen LogP contribution >= 0.6 is 11.6 Å². The van der Waals surface area contributed by atoms with E-state index in [0.29, 0.717) is 5.69 Å². The number of nitrogens with zero attached hydrogens (tertiary/aromatic N) is 3. The molecule has 0 atom stereocenters. The zero-order chi connectivity index (χ0) is 10.6. The molecule has 5 nitrogen and oxygen atoms in total. The van der Waals surface area contributed by atoms with Gasteiger partial charge >= 0.3 is 6.01 Å². The highest BCUT2D eigenvalue weighted by Gasteiger charge is 2.12. The van der Waals surface area contributed by atoms with Crippen molar-refractivity contribution in [3.8, 4) is 18.0 Å². The van der Waals surface area contributed by atoms with Crippen LogP contribution in [0.25, 0.3) is 0 Å². The molecule has 0 saturated carbocycles. The molecule has 14 heavy (non-hydrogen) atoms. The predicted octanol–water partition coefficient (Wildman–Crippen LogP) is 1.21. The van der Waals surface area contributed by atoms with Crippen LogP contribution in [0.5, 0.6) is 11.9 Å². The van der Waals surface area contributed by atoms with E-state index in [2.05, 4.69) is 9.97 Å². The second-order valence-electron chi connectivity index (χ2n) is 2.32. The molecule has 0 N–H and O–H groups in total. The first-order valence-electron chi connectivity index (χ1n) is 3.74. The maximum atomic E-state index is 8.52. The third-order valence-corrected chi connectivity index (χ3v) is 1.87. The SMILES string of the molecule is COc1nc(CC#N)c(Cl)c(OC)n1. The van der Waals surface area contributed by atoms with E-state index in [1.165, 1.54) is 14.2 Å². The minimum absolute atomic E-state index is 0.0913. The van der Waals surface area contributed by atoms with Crippen LogP contribution in [0.1, 0.15) is 5.69 Å². The van der Waals surface area contributed by atoms with Crippen LogP contribution in [-0.4, -0.2) is 24.2 Å². The Labute approximate surface area is 86.3 Å². The molecular formula is C8H8ClN3O2. The maximum absolute atomic E-state index is 8.52. The number of halogens is 1. The van der Waals surface area contributed by atoms with Crippen molar-refractivity contribution >= 4 is 11.6 Å². The quantitative estimate of drug-likeness (QED) is 0.755. The van der Waals surface area contributed by atoms with Crippen molar-refractivity contribution in [1.29, 1.82) is 5.26 Å². The lowest BCUT2D eigenvalue weighted by Crippen LogP contribution is -2.01. The number of methoxy groups -OCH3 is 2. The average Bonchev–Trinajstić information content (AvgIpc) is 2.21. The Balaban J connectivity index is 3.21. The van der Waals surface area contributed by atoms with Gasteiger partial charge < -0.3 is 9.47 Å². The minimum Gasteiger partial charge on any atom is -0.480 e. The Morgan fingerprint density at radius 1 is 1.36 bits per heavy atom. The van der Waals surface area contributed by atoms with E-state index >= 15 is 0 Å². The van der Waals surface area contributed by atoms with Gasteiger partial charge in [0.15, 0.2) is 0 Å². The van der Waals surface area contributed by atoms with Gasteiger partial charge in [0.2, 0.25) is 5.88 Å². The Hall–Kier alpha value is -1.54. The lowest BCUT2D eigenvalue weighted by atomic mass is 10.3. The third kappa shape index (κ3) is 2.03. The van der Waals surface area contributed by atoms with E-state index in [4.69, 9.17) is 26.3 Å². The topological polar surface area (TPSA) is 68.0 Å². The van der Waals surface area contributed by atoms with E-state index in [1.807, 2.05) is 6.07 Å². The summed E-state index contributed by atoms with van der Waals surface area (Å²) in [5, 5.41) is 8.77. The summed E-state index contributed by atoms with van der Waals surface area (Å²) in [6.45, 7) is 0. The summed E-state index contributed by atoms with van der Waals surface area (Å²) < 4.78 is 9.73. The number of aromatic nitrogens is 2. The van der Waals surface area contributed by atoms with Crippen LogP contribution < -0.4 is 9.47 Å². The first-order valence-corrected chi connectivity index (χ1v) is 4.12. The molecule has 1 aromatic rings. The number of rotatable bonds is 3. The second kappa shape index (κ2) is 4.63. The smallest absolute Gasteiger partial charge is 0.319 e. The van der Waals surface area contributed by atoms with E-state index in [9.17, 15) is 0 Å². The number of ether oxygens (including phenoxy) is 2. The molecule has 0 spiro atoms. The fourth-order valence-electron chi connectivity index (χ4n) is 0.867. The highest BCUT2D eigenvalue weighted by Crippen LogP contribution is 2.26. The monoisotopic (exact) mass is 213 g/mol. The van der Waals surface area contributed by atoms with Gasteiger partial charge in [-0.3, -0.25) is 0 Å². The van der Waals surface area contributed by atoms with Crippen LogP contribution in [-0.2, 0) is 6.42 Å². The van der Waals surface area contributed by atoms with Gasteiger partial charge in [0.05, 0.1) is 32.4 Å². The van der Waals surface area contributed by atoms with Gasteiger partial charge in [-0.05, 0) is 0 Å². The normalized spacial score (nSPS) is 9.29. The maximum Gasteiger partial charge on any atom is 0.319 e. The minimum atomic E-state index is 0.0913. The van der Waals surface area contributed by atoms with E-state index < -0.39 is 0 Å². The molecule has 0 fully saturated rings. The Morgan fingerprint density at radius 3 is 2.57 bits per heavy atom. The summed E-state index contributed by atoms with van der Waals surface area (Å²) >= 11 is 5.86. The van der Waals surface area contributed by atoms with Gasteiger partial charge in [-0.25, -0.2) is 0 Å². The van der Waals surface area contributed by atoms with Crippen molar-refractivity contribution in [2.75, 3.05) is 14.2 Å². The van der Waals surface area contributed by atoms with Crippen LogP contribution in [0.15, 0.2) is 0 Å². The van der Waals surface area contributed by atoms with Crippen molar-refractivity contribution in [1.82, 2.24) is 9.97 Å². The van der Waals surface area contributed by atoms with Crippen LogP contribution in [0, 0.1) is 11.3 Å². The van der Waals surface area contributed by atoms with Crippen LogP contribution in [0.4, 0.5) is 0 Å². The lowest BCUT2D eigenvalue weighted by molar-refractivity contribution is 0.350. The number of hydrogen-bond donors (Lipinski definition) is 0. The largest absolute Gasteiger partial charge is 0.480 e. The molecule has 0 aliphatic heterocycles. The van der Waals surface area contributed by atoms with Gasteiger partial charge in [-0.15, -0.1) is 0 Å². The zero-order valence-corrected chi connectivity index (χ0v) is 8.50. The van der Waals surface area contributed by atoms with E-state index in [-0.39, 0.29) is 23.3 Å². The molecule has 0 aromatic carbocycles. The van der Waals surface area contributed by atoms with E-state index in [0.717, 1.165) is 0 Å². The molecule has 0 unspecified atom stereocenters. The highest BCUT2D eigenvalue weighted by molar-refractivity contribution is 6.32. The average molecular weight is 214 g/mol. The van der Waals surface area contributed by atoms with E-state index in [1.54, 1.807) is 0 Å². The van der Waals surface area contributed by atoms with Crippen molar-refractivity contribution in [3.05, 3.63) is 10.7 Å². The fraction of sp³-hybridized carbons (Fsp3) is 0.375.